The lowest BCUT2D eigenvalue weighted by Crippen LogP contribution is -2.59. The summed E-state index contributed by atoms with van der Waals surface area (Å²) in [4.78, 5) is 2.58. The molecule has 206 valence electrons. The van der Waals surface area contributed by atoms with Crippen molar-refractivity contribution in [1.82, 2.24) is 4.90 Å². The van der Waals surface area contributed by atoms with E-state index >= 15 is 0 Å². The zero-order valence-corrected chi connectivity index (χ0v) is 27.8. The summed E-state index contributed by atoms with van der Waals surface area (Å²) in [6, 6.07) is 0. The van der Waals surface area contributed by atoms with E-state index in [2.05, 4.69) is 25.7 Å². The van der Waals surface area contributed by atoms with Crippen LogP contribution in [0.4, 0.5) is 0 Å². The molecule has 0 aromatic rings. The summed E-state index contributed by atoms with van der Waals surface area (Å²) in [5, 5.41) is 0. The third-order valence-corrected chi connectivity index (χ3v) is 12.7. The molecule has 0 spiro atoms. The van der Waals surface area contributed by atoms with Gasteiger partial charge in [-0.1, -0.05) is 20.8 Å². The van der Waals surface area contributed by atoms with E-state index in [4.69, 9.17) is 41.7 Å². The monoisotopic (exact) mass is 545 g/mol. The Morgan fingerprint density at radius 1 is 0.500 bits per heavy atom. The van der Waals surface area contributed by atoms with Gasteiger partial charge in [0.1, 0.15) is 0 Å². The Balaban J connectivity index is 5.95. The lowest BCUT2D eigenvalue weighted by Gasteiger charge is -2.44. The molecule has 0 radical (unpaired) electrons. The number of nitrogens with zero attached hydrogens (tertiary/aromatic N) is 1. The normalized spacial score (nSPS) is 17.2. The molecule has 0 aliphatic rings. The van der Waals surface area contributed by atoms with Gasteiger partial charge in [-0.15, -0.1) is 0 Å². The van der Waals surface area contributed by atoms with Gasteiger partial charge >= 0.3 is 0 Å². The predicted molar refractivity (Wildman–Crippen MR) is 140 cm³/mol. The van der Waals surface area contributed by atoms with Crippen LogP contribution in [0.25, 0.3) is 0 Å². The summed E-state index contributed by atoms with van der Waals surface area (Å²) >= 11 is 0. The minimum atomic E-state index is -1.09. The fourth-order valence-corrected chi connectivity index (χ4v) is 9.58. The van der Waals surface area contributed by atoms with Crippen molar-refractivity contribution in [2.24, 2.45) is 0 Å². The second kappa shape index (κ2) is 16.9. The summed E-state index contributed by atoms with van der Waals surface area (Å²) < 4.78 is 51.4. The number of hydrogen-bond acceptors (Lipinski definition) is 10. The van der Waals surface area contributed by atoms with Gasteiger partial charge in [-0.2, -0.15) is 0 Å². The Labute approximate surface area is 214 Å². The molecule has 0 rings (SSSR count). The van der Waals surface area contributed by atoms with Gasteiger partial charge < -0.3 is 41.7 Å². The lowest BCUT2D eigenvalue weighted by molar-refractivity contribution is -0.312. The highest BCUT2D eigenvalue weighted by molar-refractivity contribution is 6.34. The van der Waals surface area contributed by atoms with E-state index in [0.717, 1.165) is 19.3 Å². The van der Waals surface area contributed by atoms with Crippen LogP contribution in [-0.4, -0.2) is 112 Å². The van der Waals surface area contributed by atoms with Gasteiger partial charge in [0.25, 0.3) is 17.9 Å². The van der Waals surface area contributed by atoms with Gasteiger partial charge in [-0.3, -0.25) is 4.90 Å². The first-order valence-electron chi connectivity index (χ1n) is 12.0. The van der Waals surface area contributed by atoms with Crippen molar-refractivity contribution in [3.63, 3.8) is 0 Å². The van der Waals surface area contributed by atoms with E-state index < -0.39 is 47.2 Å². The fourth-order valence-electron chi connectivity index (χ4n) is 3.48. The average Bonchev–Trinajstić information content (AvgIpc) is 2.88. The van der Waals surface area contributed by atoms with Gasteiger partial charge in [0.05, 0.1) is 0 Å². The Morgan fingerprint density at radius 2 is 0.706 bits per heavy atom. The highest BCUT2D eigenvalue weighted by Crippen LogP contribution is 2.23. The van der Waals surface area contributed by atoms with Crippen molar-refractivity contribution in [3.8, 4) is 0 Å². The average molecular weight is 546 g/mol. The molecule has 0 bridgehead atoms. The third kappa shape index (κ3) is 10.7. The molecule has 0 aromatic heterocycles. The van der Waals surface area contributed by atoms with Crippen molar-refractivity contribution < 1.29 is 41.7 Å². The van der Waals surface area contributed by atoms with Crippen molar-refractivity contribution >= 4 is 29.3 Å². The number of hydrogen-bond donors (Lipinski definition) is 0. The van der Waals surface area contributed by atoms with Crippen LogP contribution in [0.5, 0.6) is 0 Å². The minimum absolute atomic E-state index is 0.236. The van der Waals surface area contributed by atoms with Gasteiger partial charge in [-0.25, -0.2) is 0 Å². The molecule has 13 heteroatoms. The van der Waals surface area contributed by atoms with E-state index in [-0.39, 0.29) is 17.0 Å². The van der Waals surface area contributed by atoms with Crippen LogP contribution in [0.15, 0.2) is 0 Å². The Bertz CT molecular complexity index is 452. The van der Waals surface area contributed by atoms with Crippen molar-refractivity contribution in [1.29, 1.82) is 0 Å². The molecule has 3 unspecified atom stereocenters. The molecule has 0 amide bonds. The molecule has 0 saturated carbocycles. The second-order valence-electron chi connectivity index (χ2n) is 8.38. The number of methoxy groups -OCH3 is 6. The number of ether oxygens (including phenoxy) is 6. The Kier molecular flexibility index (Phi) is 17.0. The maximum Gasteiger partial charge on any atom is 0.269 e. The maximum absolute atomic E-state index is 6.23. The van der Waals surface area contributed by atoms with Gasteiger partial charge in [0.2, 0.25) is 0 Å². The number of rotatable bonds is 21. The molecule has 0 fully saturated rings. The summed E-state index contributed by atoms with van der Waals surface area (Å²) in [7, 11) is 6.28. The largest absolute Gasteiger partial charge is 0.375 e. The van der Waals surface area contributed by atoms with Gasteiger partial charge in [0, 0.05) is 80.4 Å². The van der Waals surface area contributed by atoms with Gasteiger partial charge in [-0.05, 0) is 19.3 Å². The van der Waals surface area contributed by atoms with Crippen LogP contribution >= 0.6 is 0 Å². The summed E-state index contributed by atoms with van der Waals surface area (Å²) in [6.45, 7) is 12.0. The predicted octanol–water partition coefficient (Wildman–Crippen LogP) is 0.697. The zero-order valence-electron chi connectivity index (χ0n) is 23.6. The molecular weight excluding hydrogens is 494 g/mol. The molecule has 0 saturated heterocycles. The highest BCUT2D eigenvalue weighted by atomic mass is 28.2. The van der Waals surface area contributed by atoms with Crippen LogP contribution in [-0.2, 0) is 41.7 Å². The smallest absolute Gasteiger partial charge is 0.269 e. The molecule has 0 aliphatic heterocycles. The first-order valence-corrected chi connectivity index (χ1v) is 16.2. The van der Waals surface area contributed by atoms with E-state index in [9.17, 15) is 0 Å². The van der Waals surface area contributed by atoms with Crippen molar-refractivity contribution in [2.75, 3.05) is 42.7 Å². The summed E-state index contributed by atoms with van der Waals surface area (Å²) in [6.07, 6.45) is 2.80. The standard InChI is InChI=1S/C21H51NO9Si3/c1-13-16(32-29-19(4,23-7)24-8)22(17(14-2)33-30-20(5,25-9)26-10)18(15-3)34-31-21(6,27-11)28-12/h16-18H,13-15,32-34H2,1-12H3. The van der Waals surface area contributed by atoms with E-state index in [1.807, 2.05) is 0 Å². The first kappa shape index (κ1) is 34.3. The Hall–Kier alpha value is 0.251. The molecular formula is C21H51NO9Si3. The summed E-state index contributed by atoms with van der Waals surface area (Å²) in [5.41, 5.74) is 0.707. The van der Waals surface area contributed by atoms with E-state index in [0.29, 0.717) is 0 Å². The molecule has 0 aliphatic carbocycles. The summed E-state index contributed by atoms with van der Waals surface area (Å²) in [5.74, 6) is -3.15. The topological polar surface area (TPSA) is 86.3 Å². The molecule has 0 aromatic carbocycles. The Morgan fingerprint density at radius 3 is 0.853 bits per heavy atom. The molecule has 34 heavy (non-hydrogen) atoms. The van der Waals surface area contributed by atoms with Crippen molar-refractivity contribution in [3.05, 3.63) is 0 Å². The maximum atomic E-state index is 6.23. The van der Waals surface area contributed by atoms with E-state index in [1.54, 1.807) is 63.4 Å². The highest BCUT2D eigenvalue weighted by Gasteiger charge is 2.37. The lowest BCUT2D eigenvalue weighted by atomic mass is 10.3. The van der Waals surface area contributed by atoms with Gasteiger partial charge in [0.15, 0.2) is 29.3 Å². The molecule has 10 nitrogen and oxygen atoms in total. The van der Waals surface area contributed by atoms with Crippen molar-refractivity contribution in [2.45, 2.75) is 95.7 Å². The molecule has 3 atom stereocenters. The van der Waals surface area contributed by atoms with Crippen LogP contribution in [0.1, 0.15) is 60.8 Å². The first-order chi connectivity index (χ1) is 16.0. The molecule has 0 N–H and O–H groups in total. The fraction of sp³-hybridized carbons (Fsp3) is 1.00. The quantitative estimate of drug-likeness (QED) is 0.152. The van der Waals surface area contributed by atoms with Crippen LogP contribution in [0.2, 0.25) is 0 Å². The minimum Gasteiger partial charge on any atom is -0.375 e. The van der Waals surface area contributed by atoms with Crippen LogP contribution < -0.4 is 0 Å². The second-order valence-corrected chi connectivity index (χ2v) is 13.1. The zero-order chi connectivity index (χ0) is 26.4. The van der Waals surface area contributed by atoms with E-state index in [1.165, 1.54) is 0 Å². The third-order valence-electron chi connectivity index (χ3n) is 6.52. The SMILES string of the molecule is CCC([SiH2]OC(C)(OC)OC)N(C(CC)[SiH2]OC(C)(OC)OC)C(CC)[SiH2]OC(C)(OC)OC. The molecule has 0 heterocycles. The van der Waals surface area contributed by atoms with Crippen LogP contribution in [0.3, 0.4) is 0 Å². The van der Waals surface area contributed by atoms with Crippen LogP contribution in [0, 0.1) is 0 Å².